The molecule has 4 heteroatoms. The monoisotopic (exact) mass is 638 g/mol. The van der Waals surface area contributed by atoms with Gasteiger partial charge < -0.3 is 4.57 Å². The molecule has 0 radical (unpaired) electrons. The van der Waals surface area contributed by atoms with Crippen LogP contribution in [0.4, 0.5) is 0 Å². The van der Waals surface area contributed by atoms with Gasteiger partial charge in [0, 0.05) is 33.2 Å². The van der Waals surface area contributed by atoms with E-state index in [1.54, 1.807) is 0 Å². The maximum atomic E-state index is 4.95. The van der Waals surface area contributed by atoms with Crippen molar-refractivity contribution in [3.8, 4) is 62.1 Å². The van der Waals surface area contributed by atoms with Crippen LogP contribution in [-0.2, 0) is 6.42 Å². The summed E-state index contributed by atoms with van der Waals surface area (Å²) in [5.41, 5.74) is 14.3. The molecule has 0 bridgehead atoms. The normalized spacial score (nSPS) is 11.9. The van der Waals surface area contributed by atoms with Crippen molar-refractivity contribution >= 4 is 21.8 Å². The summed E-state index contributed by atoms with van der Waals surface area (Å²) in [5.74, 6) is 1.96. The molecule has 0 amide bonds. The zero-order chi connectivity index (χ0) is 33.0. The van der Waals surface area contributed by atoms with Crippen molar-refractivity contribution < 1.29 is 0 Å². The van der Waals surface area contributed by atoms with Gasteiger partial charge in [0.2, 0.25) is 0 Å². The lowest BCUT2D eigenvalue weighted by molar-refractivity contribution is 1.07. The Morgan fingerprint density at radius 2 is 0.920 bits per heavy atom. The molecule has 1 aliphatic rings. The molecule has 0 aliphatic heterocycles. The molecule has 0 atom stereocenters. The molecule has 0 unspecified atom stereocenters. The summed E-state index contributed by atoms with van der Waals surface area (Å²) in [6.07, 6.45) is 0.958. The lowest BCUT2D eigenvalue weighted by atomic mass is 9.95. The largest absolute Gasteiger partial charge is 0.309 e. The van der Waals surface area contributed by atoms with Crippen molar-refractivity contribution in [2.24, 2.45) is 0 Å². The molecule has 2 heterocycles. The second kappa shape index (κ2) is 11.5. The smallest absolute Gasteiger partial charge is 0.164 e. The number of hydrogen-bond acceptors (Lipinski definition) is 3. The molecule has 7 aromatic carbocycles. The minimum atomic E-state index is 0.646. The van der Waals surface area contributed by atoms with E-state index < -0.39 is 0 Å². The zero-order valence-electron chi connectivity index (χ0n) is 27.2. The molecule has 0 N–H and O–H groups in total. The van der Waals surface area contributed by atoms with E-state index in [9.17, 15) is 0 Å². The lowest BCUT2D eigenvalue weighted by Gasteiger charge is -2.12. The van der Waals surface area contributed by atoms with Gasteiger partial charge in [-0.25, -0.2) is 15.0 Å². The number of benzene rings is 7. The van der Waals surface area contributed by atoms with E-state index in [2.05, 4.69) is 114 Å². The van der Waals surface area contributed by atoms with Crippen LogP contribution in [0.15, 0.2) is 170 Å². The van der Waals surface area contributed by atoms with Crippen LogP contribution in [0.5, 0.6) is 0 Å². The Bertz CT molecular complexity index is 2650. The Kier molecular flexibility index (Phi) is 6.53. The van der Waals surface area contributed by atoms with Gasteiger partial charge in [-0.1, -0.05) is 133 Å². The summed E-state index contributed by atoms with van der Waals surface area (Å²) in [6.45, 7) is 0. The summed E-state index contributed by atoms with van der Waals surface area (Å²) in [4.78, 5) is 14.8. The van der Waals surface area contributed by atoms with Gasteiger partial charge in [-0.05, 0) is 76.2 Å². The first-order valence-corrected chi connectivity index (χ1v) is 17.0. The molecule has 9 aromatic rings. The first-order valence-electron chi connectivity index (χ1n) is 17.0. The maximum absolute atomic E-state index is 4.95. The summed E-state index contributed by atoms with van der Waals surface area (Å²) in [7, 11) is 0. The average Bonchev–Trinajstić information content (AvgIpc) is 3.74. The van der Waals surface area contributed by atoms with Crippen LogP contribution in [-0.4, -0.2) is 19.5 Å². The van der Waals surface area contributed by atoms with Crippen molar-refractivity contribution in [1.82, 2.24) is 19.5 Å². The van der Waals surface area contributed by atoms with E-state index in [0.717, 1.165) is 28.8 Å². The second-order valence-electron chi connectivity index (χ2n) is 12.8. The first-order chi connectivity index (χ1) is 24.8. The summed E-state index contributed by atoms with van der Waals surface area (Å²) in [6, 6.07) is 60.0. The molecule has 0 fully saturated rings. The number of fused-ring (bicyclic) bond motifs is 6. The number of para-hydroxylation sites is 1. The van der Waals surface area contributed by atoms with Crippen molar-refractivity contribution in [1.29, 1.82) is 0 Å². The molecule has 234 valence electrons. The van der Waals surface area contributed by atoms with Crippen LogP contribution < -0.4 is 0 Å². The molecule has 0 saturated carbocycles. The fourth-order valence-corrected chi connectivity index (χ4v) is 7.54. The third kappa shape index (κ3) is 4.65. The molecule has 4 nitrogen and oxygen atoms in total. The first kappa shape index (κ1) is 28.4. The van der Waals surface area contributed by atoms with Crippen molar-refractivity contribution in [2.75, 3.05) is 0 Å². The van der Waals surface area contributed by atoms with Crippen LogP contribution >= 0.6 is 0 Å². The molecule has 50 heavy (non-hydrogen) atoms. The van der Waals surface area contributed by atoms with Crippen LogP contribution in [0, 0.1) is 0 Å². The fraction of sp³-hybridized carbons (Fsp3) is 0.0217. The van der Waals surface area contributed by atoms with Gasteiger partial charge >= 0.3 is 0 Å². The van der Waals surface area contributed by atoms with Crippen molar-refractivity contribution in [3.05, 3.63) is 181 Å². The number of rotatable bonds is 5. The van der Waals surface area contributed by atoms with Crippen LogP contribution in [0.1, 0.15) is 11.1 Å². The minimum absolute atomic E-state index is 0.646. The topological polar surface area (TPSA) is 43.6 Å². The SMILES string of the molecule is c1ccc(-c2nc(-c3ccccc3)nc(-c3ccc(-n4c5ccccc5c5ccc(-c6cccc7c6Cc6ccccc6-7)cc54)cc3)n2)cc1. The second-order valence-corrected chi connectivity index (χ2v) is 12.8. The van der Waals surface area contributed by atoms with Crippen molar-refractivity contribution in [3.63, 3.8) is 0 Å². The third-order valence-corrected chi connectivity index (χ3v) is 9.92. The fourth-order valence-electron chi connectivity index (χ4n) is 7.54. The quantitative estimate of drug-likeness (QED) is 0.188. The summed E-state index contributed by atoms with van der Waals surface area (Å²) < 4.78 is 2.38. The van der Waals surface area contributed by atoms with E-state index in [0.29, 0.717) is 17.5 Å². The maximum Gasteiger partial charge on any atom is 0.164 e. The molecule has 0 saturated heterocycles. The Balaban J connectivity index is 1.10. The Morgan fingerprint density at radius 1 is 0.380 bits per heavy atom. The van der Waals surface area contributed by atoms with Gasteiger partial charge in [0.1, 0.15) is 0 Å². The zero-order valence-corrected chi connectivity index (χ0v) is 27.2. The lowest BCUT2D eigenvalue weighted by Crippen LogP contribution is -2.00. The Labute approximate surface area is 290 Å². The van der Waals surface area contributed by atoms with Gasteiger partial charge in [-0.2, -0.15) is 0 Å². The third-order valence-electron chi connectivity index (χ3n) is 9.92. The van der Waals surface area contributed by atoms with Gasteiger partial charge in [0.25, 0.3) is 0 Å². The standard InChI is InChI=1S/C46H30N4/c1-3-12-30(13-4-1)44-47-45(31-14-5-2-6-15-31)49-46(48-44)32-22-25-35(26-23-32)50-42-21-10-9-18-39(42)40-27-24-34(29-43(40)50)37-19-11-20-38-36-17-8-7-16-33(36)28-41(37)38/h1-27,29H,28H2. The highest BCUT2D eigenvalue weighted by molar-refractivity contribution is 6.10. The summed E-state index contributed by atoms with van der Waals surface area (Å²) >= 11 is 0. The van der Waals surface area contributed by atoms with E-state index in [1.807, 2.05) is 60.7 Å². The average molecular weight is 639 g/mol. The van der Waals surface area contributed by atoms with Gasteiger partial charge in [-0.15, -0.1) is 0 Å². The highest BCUT2D eigenvalue weighted by Crippen LogP contribution is 2.43. The molecule has 1 aliphatic carbocycles. The predicted molar refractivity (Wildman–Crippen MR) is 204 cm³/mol. The van der Waals surface area contributed by atoms with Gasteiger partial charge in [0.05, 0.1) is 11.0 Å². The van der Waals surface area contributed by atoms with E-state index >= 15 is 0 Å². The minimum Gasteiger partial charge on any atom is -0.309 e. The molecule has 10 rings (SSSR count). The number of nitrogens with zero attached hydrogens (tertiary/aromatic N) is 4. The number of aromatic nitrogens is 4. The van der Waals surface area contributed by atoms with E-state index in [-0.39, 0.29) is 0 Å². The molecule has 2 aromatic heterocycles. The molecule has 0 spiro atoms. The van der Waals surface area contributed by atoms with E-state index in [1.165, 1.54) is 55.2 Å². The molecular formula is C46H30N4. The Hall–Kier alpha value is -6.65. The predicted octanol–water partition coefficient (Wildman–Crippen LogP) is 11.2. The Morgan fingerprint density at radius 3 is 1.64 bits per heavy atom. The van der Waals surface area contributed by atoms with Gasteiger partial charge in [-0.3, -0.25) is 0 Å². The molecular weight excluding hydrogens is 609 g/mol. The number of hydrogen-bond donors (Lipinski definition) is 0. The van der Waals surface area contributed by atoms with Crippen molar-refractivity contribution in [2.45, 2.75) is 6.42 Å². The van der Waals surface area contributed by atoms with Crippen LogP contribution in [0.25, 0.3) is 83.9 Å². The highest BCUT2D eigenvalue weighted by Gasteiger charge is 2.22. The van der Waals surface area contributed by atoms with E-state index in [4.69, 9.17) is 15.0 Å². The van der Waals surface area contributed by atoms with Crippen LogP contribution in [0.3, 0.4) is 0 Å². The van der Waals surface area contributed by atoms with Crippen LogP contribution in [0.2, 0.25) is 0 Å². The summed E-state index contributed by atoms with van der Waals surface area (Å²) in [5, 5.41) is 2.48. The highest BCUT2D eigenvalue weighted by atomic mass is 15.0. The van der Waals surface area contributed by atoms with Gasteiger partial charge in [0.15, 0.2) is 17.5 Å².